The zero-order chi connectivity index (χ0) is 12.3. The second kappa shape index (κ2) is 4.97. The van der Waals surface area contributed by atoms with Crippen LogP contribution in [0, 0.1) is 27.7 Å². The van der Waals surface area contributed by atoms with Crippen LogP contribution in [0.3, 0.4) is 0 Å². The number of hydrogen-bond acceptors (Lipinski definition) is 1. The maximum absolute atomic E-state index is 10.4. The molecule has 0 saturated heterocycles. The van der Waals surface area contributed by atoms with Crippen molar-refractivity contribution >= 4 is 5.97 Å². The van der Waals surface area contributed by atoms with E-state index in [4.69, 9.17) is 5.11 Å². The number of carbonyl (C=O) groups is 1. The number of carboxylic acids is 1. The summed E-state index contributed by atoms with van der Waals surface area (Å²) >= 11 is 0. The highest BCUT2D eigenvalue weighted by Gasteiger charge is 2.06. The second-order valence-electron chi connectivity index (χ2n) is 4.18. The number of hydrogen-bond donors (Lipinski definition) is 1. The van der Waals surface area contributed by atoms with Gasteiger partial charge in [-0.15, -0.1) is 0 Å². The number of benzene rings is 1. The molecule has 0 amide bonds. The molecule has 0 aliphatic rings. The molecule has 2 heteroatoms. The average molecular weight is 218 g/mol. The third-order valence-corrected chi connectivity index (χ3v) is 3.10. The molecule has 0 heterocycles. The Bertz CT molecular complexity index is 416. The van der Waals surface area contributed by atoms with E-state index in [0.29, 0.717) is 6.42 Å². The van der Waals surface area contributed by atoms with E-state index in [1.807, 2.05) is 0 Å². The predicted molar refractivity (Wildman–Crippen MR) is 65.9 cm³/mol. The van der Waals surface area contributed by atoms with Gasteiger partial charge in [0.2, 0.25) is 0 Å². The van der Waals surface area contributed by atoms with Gasteiger partial charge in [-0.25, -0.2) is 4.79 Å². The van der Waals surface area contributed by atoms with Gasteiger partial charge in [-0.2, -0.15) is 0 Å². The molecule has 1 rings (SSSR count). The highest BCUT2D eigenvalue weighted by Crippen LogP contribution is 2.22. The number of rotatable bonds is 3. The number of allylic oxidation sites excluding steroid dienone is 1. The van der Waals surface area contributed by atoms with E-state index in [9.17, 15) is 4.79 Å². The first-order chi connectivity index (χ1) is 7.43. The normalized spacial score (nSPS) is 11.0. The Morgan fingerprint density at radius 1 is 1.19 bits per heavy atom. The van der Waals surface area contributed by atoms with Crippen molar-refractivity contribution in [3.05, 3.63) is 46.0 Å². The molecule has 0 aromatic heterocycles. The lowest BCUT2D eigenvalue weighted by Crippen LogP contribution is -1.98. The SMILES string of the molecule is Cc1cc(C)c(C)c(C/C=C/C(=O)O)c1C. The summed E-state index contributed by atoms with van der Waals surface area (Å²) in [7, 11) is 0. The fourth-order valence-electron chi connectivity index (χ4n) is 1.88. The van der Waals surface area contributed by atoms with Crippen molar-refractivity contribution in [1.29, 1.82) is 0 Å². The monoisotopic (exact) mass is 218 g/mol. The molecule has 1 aromatic carbocycles. The number of carboxylic acid groups (broad SMARTS) is 1. The van der Waals surface area contributed by atoms with E-state index < -0.39 is 5.97 Å². The third-order valence-electron chi connectivity index (χ3n) is 3.10. The van der Waals surface area contributed by atoms with Crippen molar-refractivity contribution in [1.82, 2.24) is 0 Å². The molecule has 1 aromatic rings. The lowest BCUT2D eigenvalue weighted by Gasteiger charge is -2.13. The van der Waals surface area contributed by atoms with Crippen LogP contribution < -0.4 is 0 Å². The molecule has 0 aliphatic heterocycles. The molecule has 16 heavy (non-hydrogen) atoms. The van der Waals surface area contributed by atoms with Crippen molar-refractivity contribution in [2.75, 3.05) is 0 Å². The molecule has 0 radical (unpaired) electrons. The lowest BCUT2D eigenvalue weighted by atomic mass is 9.92. The first kappa shape index (κ1) is 12.5. The Morgan fingerprint density at radius 2 is 1.69 bits per heavy atom. The van der Waals surface area contributed by atoms with Crippen LogP contribution >= 0.6 is 0 Å². The number of aryl methyl sites for hydroxylation is 2. The summed E-state index contributed by atoms with van der Waals surface area (Å²) in [6.45, 7) is 8.36. The molecule has 0 fully saturated rings. The minimum Gasteiger partial charge on any atom is -0.478 e. The smallest absolute Gasteiger partial charge is 0.327 e. The highest BCUT2D eigenvalue weighted by atomic mass is 16.4. The van der Waals surface area contributed by atoms with Crippen molar-refractivity contribution in [2.24, 2.45) is 0 Å². The van der Waals surface area contributed by atoms with Crippen LogP contribution in [-0.2, 0) is 11.2 Å². The predicted octanol–water partition coefficient (Wildman–Crippen LogP) is 3.10. The van der Waals surface area contributed by atoms with Gasteiger partial charge in [0, 0.05) is 6.08 Å². The third kappa shape index (κ3) is 2.72. The van der Waals surface area contributed by atoms with Crippen molar-refractivity contribution in [2.45, 2.75) is 34.1 Å². The largest absolute Gasteiger partial charge is 0.478 e. The van der Waals surface area contributed by atoms with Crippen LogP contribution in [0.5, 0.6) is 0 Å². The van der Waals surface area contributed by atoms with Gasteiger partial charge in [-0.3, -0.25) is 0 Å². The van der Waals surface area contributed by atoms with Crippen molar-refractivity contribution in [3.63, 3.8) is 0 Å². The van der Waals surface area contributed by atoms with E-state index >= 15 is 0 Å². The zero-order valence-electron chi connectivity index (χ0n) is 10.3. The Balaban J connectivity index is 3.08. The Labute approximate surface area is 96.6 Å². The molecule has 86 valence electrons. The molecule has 1 N–H and O–H groups in total. The van der Waals surface area contributed by atoms with E-state index in [1.54, 1.807) is 6.08 Å². The summed E-state index contributed by atoms with van der Waals surface area (Å²) in [6, 6.07) is 2.18. The molecular formula is C14H18O2. The van der Waals surface area contributed by atoms with Crippen molar-refractivity contribution in [3.8, 4) is 0 Å². The van der Waals surface area contributed by atoms with Gasteiger partial charge in [-0.1, -0.05) is 12.1 Å². The molecule has 0 unspecified atom stereocenters. The van der Waals surface area contributed by atoms with Gasteiger partial charge in [0.05, 0.1) is 0 Å². The summed E-state index contributed by atoms with van der Waals surface area (Å²) in [5, 5.41) is 8.55. The molecule has 0 saturated carbocycles. The Kier molecular flexibility index (Phi) is 3.88. The fourth-order valence-corrected chi connectivity index (χ4v) is 1.88. The zero-order valence-corrected chi connectivity index (χ0v) is 10.3. The van der Waals surface area contributed by atoms with E-state index in [2.05, 4.69) is 33.8 Å². The first-order valence-corrected chi connectivity index (χ1v) is 5.39. The van der Waals surface area contributed by atoms with E-state index in [0.717, 1.165) is 0 Å². The van der Waals surface area contributed by atoms with Crippen molar-refractivity contribution < 1.29 is 9.90 Å². The molecule has 0 spiro atoms. The van der Waals surface area contributed by atoms with Gasteiger partial charge in [0.1, 0.15) is 0 Å². The summed E-state index contributed by atoms with van der Waals surface area (Å²) in [6.07, 6.45) is 3.60. The summed E-state index contributed by atoms with van der Waals surface area (Å²) in [5.41, 5.74) is 6.30. The van der Waals surface area contributed by atoms with Crippen LogP contribution in [-0.4, -0.2) is 11.1 Å². The van der Waals surface area contributed by atoms with Crippen LogP contribution in [0.2, 0.25) is 0 Å². The molecule has 0 aliphatic carbocycles. The summed E-state index contributed by atoms with van der Waals surface area (Å²) in [4.78, 5) is 10.4. The minimum absolute atomic E-state index is 0.687. The first-order valence-electron chi connectivity index (χ1n) is 5.39. The van der Waals surface area contributed by atoms with E-state index in [1.165, 1.54) is 33.9 Å². The average Bonchev–Trinajstić information content (AvgIpc) is 2.20. The second-order valence-corrected chi connectivity index (χ2v) is 4.18. The summed E-state index contributed by atoms with van der Waals surface area (Å²) < 4.78 is 0. The van der Waals surface area contributed by atoms with Crippen LogP contribution in [0.25, 0.3) is 0 Å². The van der Waals surface area contributed by atoms with Gasteiger partial charge < -0.3 is 5.11 Å². The molecular weight excluding hydrogens is 200 g/mol. The quantitative estimate of drug-likeness (QED) is 0.791. The van der Waals surface area contributed by atoms with Gasteiger partial charge in [-0.05, 0) is 61.9 Å². The summed E-state index contributed by atoms with van der Waals surface area (Å²) in [5.74, 6) is -0.889. The van der Waals surface area contributed by atoms with Gasteiger partial charge >= 0.3 is 5.97 Å². The fraction of sp³-hybridized carbons (Fsp3) is 0.357. The number of aliphatic carboxylic acids is 1. The van der Waals surface area contributed by atoms with E-state index in [-0.39, 0.29) is 0 Å². The van der Waals surface area contributed by atoms with Crippen LogP contribution in [0.4, 0.5) is 0 Å². The molecule has 0 atom stereocenters. The Morgan fingerprint density at radius 3 is 2.12 bits per heavy atom. The standard InChI is InChI=1S/C14H18O2/c1-9-8-10(2)12(4)13(11(9)3)6-5-7-14(15)16/h5,7-8H,6H2,1-4H3,(H,15,16)/b7-5+. The minimum atomic E-state index is -0.889. The molecule has 2 nitrogen and oxygen atoms in total. The van der Waals surface area contributed by atoms with Crippen LogP contribution in [0.15, 0.2) is 18.2 Å². The van der Waals surface area contributed by atoms with Gasteiger partial charge in [0.15, 0.2) is 0 Å². The van der Waals surface area contributed by atoms with Gasteiger partial charge in [0.25, 0.3) is 0 Å². The topological polar surface area (TPSA) is 37.3 Å². The maximum Gasteiger partial charge on any atom is 0.327 e. The molecule has 0 bridgehead atoms. The van der Waals surface area contributed by atoms with Crippen LogP contribution in [0.1, 0.15) is 27.8 Å². The lowest BCUT2D eigenvalue weighted by molar-refractivity contribution is -0.131. The Hall–Kier alpha value is -1.57. The maximum atomic E-state index is 10.4. The highest BCUT2D eigenvalue weighted by molar-refractivity contribution is 5.79.